The fourth-order valence-electron chi connectivity index (χ4n) is 3.57. The molecule has 1 unspecified atom stereocenters. The van der Waals surface area contributed by atoms with Crippen molar-refractivity contribution in [1.82, 2.24) is 15.1 Å². The summed E-state index contributed by atoms with van der Waals surface area (Å²) in [4.78, 5) is 2.73. The van der Waals surface area contributed by atoms with Crippen LogP contribution in [0.3, 0.4) is 0 Å². The molecule has 2 heterocycles. The standard InChI is InChI=1S/C14H23N3/c1-11-9-15-16-14(11)12-7-8-17(10-12)13-5-3-2-4-6-13/h9,12-13H,2-8,10H2,1H3,(H,15,16). The Morgan fingerprint density at radius 3 is 2.76 bits per heavy atom. The molecule has 3 rings (SSSR count). The number of nitrogens with zero attached hydrogens (tertiary/aromatic N) is 2. The summed E-state index contributed by atoms with van der Waals surface area (Å²) >= 11 is 0. The first-order chi connectivity index (χ1) is 8.34. The lowest BCUT2D eigenvalue weighted by molar-refractivity contribution is 0.189. The molecule has 0 spiro atoms. The molecule has 17 heavy (non-hydrogen) atoms. The first-order valence-corrected chi connectivity index (χ1v) is 7.08. The van der Waals surface area contributed by atoms with Gasteiger partial charge in [0.15, 0.2) is 0 Å². The minimum atomic E-state index is 0.694. The highest BCUT2D eigenvalue weighted by Gasteiger charge is 2.30. The molecule has 1 aromatic heterocycles. The van der Waals surface area contributed by atoms with Crippen molar-refractivity contribution < 1.29 is 0 Å². The van der Waals surface area contributed by atoms with E-state index >= 15 is 0 Å². The van der Waals surface area contributed by atoms with Gasteiger partial charge in [-0.1, -0.05) is 19.3 Å². The molecule has 1 atom stereocenters. The van der Waals surface area contributed by atoms with Gasteiger partial charge in [0.2, 0.25) is 0 Å². The normalized spacial score (nSPS) is 27.7. The first-order valence-electron chi connectivity index (χ1n) is 7.08. The summed E-state index contributed by atoms with van der Waals surface area (Å²) in [6.07, 6.45) is 10.4. The number of hydrogen-bond donors (Lipinski definition) is 1. The second kappa shape index (κ2) is 4.81. The van der Waals surface area contributed by atoms with E-state index in [1.165, 1.54) is 62.9 Å². The molecule has 1 aliphatic heterocycles. The summed E-state index contributed by atoms with van der Waals surface area (Å²) in [6.45, 7) is 4.70. The molecule has 3 nitrogen and oxygen atoms in total. The van der Waals surface area contributed by atoms with Crippen LogP contribution in [0.25, 0.3) is 0 Å². The maximum Gasteiger partial charge on any atom is 0.0519 e. The van der Waals surface area contributed by atoms with Crippen LogP contribution < -0.4 is 0 Å². The van der Waals surface area contributed by atoms with Gasteiger partial charge in [-0.15, -0.1) is 0 Å². The fraction of sp³-hybridized carbons (Fsp3) is 0.786. The maximum atomic E-state index is 4.16. The number of rotatable bonds is 2. The summed E-state index contributed by atoms with van der Waals surface area (Å²) in [7, 11) is 0. The van der Waals surface area contributed by atoms with Gasteiger partial charge in [-0.25, -0.2) is 0 Å². The number of aryl methyl sites for hydroxylation is 1. The van der Waals surface area contributed by atoms with Gasteiger partial charge in [0.05, 0.1) is 6.20 Å². The van der Waals surface area contributed by atoms with Crippen LogP contribution in [-0.2, 0) is 0 Å². The third-order valence-corrected chi connectivity index (χ3v) is 4.59. The number of aromatic amines is 1. The van der Waals surface area contributed by atoms with Crippen LogP contribution in [0, 0.1) is 6.92 Å². The Labute approximate surface area is 104 Å². The van der Waals surface area contributed by atoms with Gasteiger partial charge in [-0.2, -0.15) is 5.10 Å². The largest absolute Gasteiger partial charge is 0.300 e. The van der Waals surface area contributed by atoms with E-state index in [4.69, 9.17) is 0 Å². The van der Waals surface area contributed by atoms with Crippen LogP contribution in [0.4, 0.5) is 0 Å². The lowest BCUT2D eigenvalue weighted by Gasteiger charge is -2.31. The van der Waals surface area contributed by atoms with Crippen molar-refractivity contribution >= 4 is 0 Å². The molecule has 1 aromatic rings. The van der Waals surface area contributed by atoms with Gasteiger partial charge in [0.25, 0.3) is 0 Å². The minimum absolute atomic E-state index is 0.694. The molecule has 1 saturated heterocycles. The molecule has 3 heteroatoms. The van der Waals surface area contributed by atoms with Crippen LogP contribution in [0.5, 0.6) is 0 Å². The van der Waals surface area contributed by atoms with Gasteiger partial charge in [0, 0.05) is 24.2 Å². The lowest BCUT2D eigenvalue weighted by atomic mass is 9.94. The van der Waals surface area contributed by atoms with Gasteiger partial charge < -0.3 is 0 Å². The van der Waals surface area contributed by atoms with E-state index < -0.39 is 0 Å². The van der Waals surface area contributed by atoms with E-state index in [1.54, 1.807) is 0 Å². The summed E-state index contributed by atoms with van der Waals surface area (Å²) in [5.41, 5.74) is 2.71. The molecule has 0 aromatic carbocycles. The maximum absolute atomic E-state index is 4.16. The second-order valence-corrected chi connectivity index (χ2v) is 5.74. The zero-order valence-electron chi connectivity index (χ0n) is 10.8. The molecule has 2 aliphatic rings. The quantitative estimate of drug-likeness (QED) is 0.851. The molecular weight excluding hydrogens is 210 g/mol. The van der Waals surface area contributed by atoms with Gasteiger partial charge >= 0.3 is 0 Å². The van der Waals surface area contributed by atoms with E-state index in [1.807, 2.05) is 6.20 Å². The predicted octanol–water partition coefficient (Wildman–Crippen LogP) is 2.84. The monoisotopic (exact) mass is 233 g/mol. The summed E-state index contributed by atoms with van der Waals surface area (Å²) in [5.74, 6) is 0.694. The molecule has 1 saturated carbocycles. The second-order valence-electron chi connectivity index (χ2n) is 5.74. The Morgan fingerprint density at radius 1 is 1.24 bits per heavy atom. The van der Waals surface area contributed by atoms with E-state index in [-0.39, 0.29) is 0 Å². The zero-order valence-corrected chi connectivity index (χ0v) is 10.8. The Balaban J connectivity index is 1.63. The number of aromatic nitrogens is 2. The zero-order chi connectivity index (χ0) is 11.7. The third-order valence-electron chi connectivity index (χ3n) is 4.59. The smallest absolute Gasteiger partial charge is 0.0519 e. The van der Waals surface area contributed by atoms with Crippen molar-refractivity contribution in [1.29, 1.82) is 0 Å². The van der Waals surface area contributed by atoms with Crippen molar-refractivity contribution in [2.75, 3.05) is 13.1 Å². The molecule has 1 aliphatic carbocycles. The van der Waals surface area contributed by atoms with Crippen LogP contribution in [-0.4, -0.2) is 34.2 Å². The van der Waals surface area contributed by atoms with Crippen LogP contribution in [0.1, 0.15) is 55.7 Å². The van der Waals surface area contributed by atoms with Crippen molar-refractivity contribution in [3.8, 4) is 0 Å². The Bertz CT molecular complexity index is 365. The SMILES string of the molecule is Cc1cn[nH]c1C1CCN(C2CCCCC2)C1. The van der Waals surface area contributed by atoms with Gasteiger partial charge in [-0.05, 0) is 38.3 Å². The fourth-order valence-corrected chi connectivity index (χ4v) is 3.57. The molecule has 0 amide bonds. The molecule has 94 valence electrons. The number of likely N-dealkylation sites (tertiary alicyclic amines) is 1. The Kier molecular flexibility index (Phi) is 3.19. The van der Waals surface area contributed by atoms with Crippen LogP contribution in [0.2, 0.25) is 0 Å². The number of H-pyrrole nitrogens is 1. The lowest BCUT2D eigenvalue weighted by Crippen LogP contribution is -2.34. The van der Waals surface area contributed by atoms with Crippen molar-refractivity contribution in [3.63, 3.8) is 0 Å². The average molecular weight is 233 g/mol. The van der Waals surface area contributed by atoms with Crippen LogP contribution in [0.15, 0.2) is 6.20 Å². The summed E-state index contributed by atoms with van der Waals surface area (Å²) < 4.78 is 0. The topological polar surface area (TPSA) is 31.9 Å². The third kappa shape index (κ3) is 2.25. The first kappa shape index (κ1) is 11.3. The predicted molar refractivity (Wildman–Crippen MR) is 69.1 cm³/mol. The molecular formula is C14H23N3. The molecule has 0 bridgehead atoms. The average Bonchev–Trinajstić information content (AvgIpc) is 2.98. The van der Waals surface area contributed by atoms with E-state index in [9.17, 15) is 0 Å². The Hall–Kier alpha value is -0.830. The van der Waals surface area contributed by atoms with Crippen molar-refractivity contribution in [2.24, 2.45) is 0 Å². The van der Waals surface area contributed by atoms with Gasteiger partial charge in [0.1, 0.15) is 0 Å². The Morgan fingerprint density at radius 2 is 2.06 bits per heavy atom. The minimum Gasteiger partial charge on any atom is -0.300 e. The highest BCUT2D eigenvalue weighted by atomic mass is 15.2. The van der Waals surface area contributed by atoms with Crippen molar-refractivity contribution in [2.45, 2.75) is 57.4 Å². The van der Waals surface area contributed by atoms with E-state index in [0.717, 1.165) is 6.04 Å². The van der Waals surface area contributed by atoms with Gasteiger partial charge in [-0.3, -0.25) is 10.00 Å². The summed E-state index contributed by atoms with van der Waals surface area (Å²) in [6, 6.07) is 0.872. The molecule has 2 fully saturated rings. The molecule has 1 N–H and O–H groups in total. The van der Waals surface area contributed by atoms with Crippen molar-refractivity contribution in [3.05, 3.63) is 17.5 Å². The molecule has 0 radical (unpaired) electrons. The summed E-state index contributed by atoms with van der Waals surface area (Å²) in [5, 5.41) is 7.35. The highest BCUT2D eigenvalue weighted by Crippen LogP contribution is 2.32. The number of nitrogens with one attached hydrogen (secondary N) is 1. The van der Waals surface area contributed by atoms with E-state index in [2.05, 4.69) is 22.0 Å². The van der Waals surface area contributed by atoms with E-state index in [0.29, 0.717) is 5.92 Å². The highest BCUT2D eigenvalue weighted by molar-refractivity contribution is 5.20. The number of hydrogen-bond acceptors (Lipinski definition) is 2. The van der Waals surface area contributed by atoms with Crippen LogP contribution >= 0.6 is 0 Å².